The number of benzene rings is 4. The number of carbonyl (C=O) groups is 1. The van der Waals surface area contributed by atoms with Crippen LogP contribution >= 0.6 is 0 Å². The van der Waals surface area contributed by atoms with Crippen LogP contribution in [0.15, 0.2) is 89.8 Å². The van der Waals surface area contributed by atoms with Gasteiger partial charge >= 0.3 is 5.97 Å². The molecule has 7 heteroatoms. The van der Waals surface area contributed by atoms with Crippen LogP contribution in [0.2, 0.25) is 0 Å². The number of hydrogen-bond acceptors (Lipinski definition) is 4. The second-order valence-corrected chi connectivity index (χ2v) is 9.67. The van der Waals surface area contributed by atoms with E-state index in [2.05, 4.69) is 16.6 Å². The quantitative estimate of drug-likeness (QED) is 0.387. The molecule has 0 aliphatic heterocycles. The molecule has 6 nitrogen and oxygen atoms in total. The lowest BCUT2D eigenvalue weighted by Gasteiger charge is -2.10. The van der Waals surface area contributed by atoms with Crippen molar-refractivity contribution in [1.82, 2.24) is 4.72 Å². The Morgan fingerprint density at radius 2 is 1.37 bits per heavy atom. The van der Waals surface area contributed by atoms with E-state index in [4.69, 9.17) is 9.84 Å². The highest BCUT2D eigenvalue weighted by Gasteiger charge is 2.21. The molecule has 0 saturated carbocycles. The van der Waals surface area contributed by atoms with E-state index in [0.717, 1.165) is 38.8 Å². The normalized spacial score (nSPS) is 11.9. The van der Waals surface area contributed by atoms with E-state index in [0.29, 0.717) is 0 Å². The molecule has 4 aromatic rings. The van der Waals surface area contributed by atoms with Gasteiger partial charge in [-0.1, -0.05) is 48.2 Å². The van der Waals surface area contributed by atoms with Crippen molar-refractivity contribution in [2.45, 2.75) is 17.9 Å². The molecule has 4 rings (SSSR count). The minimum atomic E-state index is -3.92. The molecule has 4 aromatic carbocycles. The summed E-state index contributed by atoms with van der Waals surface area (Å²) in [4.78, 5) is 10.9. The van der Waals surface area contributed by atoms with E-state index in [1.807, 2.05) is 60.7 Å². The Labute approximate surface area is 204 Å². The zero-order valence-corrected chi connectivity index (χ0v) is 20.0. The second-order valence-electron chi connectivity index (χ2n) is 7.96. The van der Waals surface area contributed by atoms with E-state index in [1.54, 1.807) is 19.2 Å². The highest BCUT2D eigenvalue weighted by atomic mass is 32.2. The molecule has 0 radical (unpaired) electrons. The van der Waals surface area contributed by atoms with Crippen molar-refractivity contribution < 1.29 is 23.1 Å². The summed E-state index contributed by atoms with van der Waals surface area (Å²) in [5.74, 6) is 5.94. The van der Waals surface area contributed by atoms with Gasteiger partial charge in [0.15, 0.2) is 0 Å². The van der Waals surface area contributed by atoms with Crippen LogP contribution in [0.5, 0.6) is 5.75 Å². The van der Waals surface area contributed by atoms with Gasteiger partial charge in [-0.2, -0.15) is 4.72 Å². The molecular weight excluding hydrogens is 462 g/mol. The molecule has 35 heavy (non-hydrogen) atoms. The van der Waals surface area contributed by atoms with E-state index >= 15 is 0 Å². The number of carboxylic acid groups (broad SMARTS) is 1. The largest absolute Gasteiger partial charge is 0.497 e. The smallest absolute Gasteiger partial charge is 0.321 e. The first-order chi connectivity index (χ1) is 16.7. The molecular formula is C28H23NO5S. The van der Waals surface area contributed by atoms with Crippen LogP contribution in [0, 0.1) is 11.8 Å². The predicted octanol–water partition coefficient (Wildman–Crippen LogP) is 4.67. The molecule has 0 saturated heterocycles. The van der Waals surface area contributed by atoms with Crippen molar-refractivity contribution in [3.05, 3.63) is 96.1 Å². The summed E-state index contributed by atoms with van der Waals surface area (Å²) in [6.07, 6.45) is 0. The fraction of sp³-hybridized carbons (Fsp3) is 0.107. The fourth-order valence-electron chi connectivity index (χ4n) is 3.50. The van der Waals surface area contributed by atoms with Crippen LogP contribution < -0.4 is 9.46 Å². The Bertz CT molecular complexity index is 1550. The molecule has 1 atom stereocenters. The van der Waals surface area contributed by atoms with E-state index < -0.39 is 22.0 Å². The van der Waals surface area contributed by atoms with Gasteiger partial charge in [0.2, 0.25) is 10.0 Å². The highest BCUT2D eigenvalue weighted by molar-refractivity contribution is 7.89. The maximum Gasteiger partial charge on any atom is 0.321 e. The molecule has 0 aliphatic rings. The summed E-state index contributed by atoms with van der Waals surface area (Å²) in [5.41, 5.74) is 3.51. The van der Waals surface area contributed by atoms with Crippen molar-refractivity contribution in [2.24, 2.45) is 0 Å². The zero-order chi connectivity index (χ0) is 25.0. The van der Waals surface area contributed by atoms with Crippen LogP contribution in [-0.4, -0.2) is 32.6 Å². The summed E-state index contributed by atoms with van der Waals surface area (Å²) in [5, 5.41) is 11.1. The van der Waals surface area contributed by atoms with Gasteiger partial charge in [-0.15, -0.1) is 0 Å². The van der Waals surface area contributed by atoms with Crippen molar-refractivity contribution in [1.29, 1.82) is 0 Å². The van der Waals surface area contributed by atoms with Gasteiger partial charge < -0.3 is 9.84 Å². The predicted molar refractivity (Wildman–Crippen MR) is 136 cm³/mol. The number of hydrogen-bond donors (Lipinski definition) is 2. The maximum absolute atomic E-state index is 12.3. The number of sulfonamides is 1. The van der Waals surface area contributed by atoms with Crippen molar-refractivity contribution >= 4 is 26.8 Å². The van der Waals surface area contributed by atoms with Crippen molar-refractivity contribution in [2.75, 3.05) is 7.11 Å². The van der Waals surface area contributed by atoms with Crippen LogP contribution in [0.25, 0.3) is 21.9 Å². The number of fused-ring (bicyclic) bond motifs is 1. The minimum Gasteiger partial charge on any atom is -0.497 e. The summed E-state index contributed by atoms with van der Waals surface area (Å²) in [6.45, 7) is 1.27. The van der Waals surface area contributed by atoms with Gasteiger partial charge in [0.1, 0.15) is 11.8 Å². The van der Waals surface area contributed by atoms with Gasteiger partial charge in [0.05, 0.1) is 12.0 Å². The van der Waals surface area contributed by atoms with E-state index in [-0.39, 0.29) is 4.90 Å². The monoisotopic (exact) mass is 485 g/mol. The van der Waals surface area contributed by atoms with Crippen LogP contribution in [0.1, 0.15) is 18.1 Å². The van der Waals surface area contributed by atoms with Crippen LogP contribution in [-0.2, 0) is 14.8 Å². The molecule has 0 unspecified atom stereocenters. The number of rotatable bonds is 6. The summed E-state index contributed by atoms with van der Waals surface area (Å²) < 4.78 is 32.1. The van der Waals surface area contributed by atoms with Crippen LogP contribution in [0.4, 0.5) is 0 Å². The molecule has 0 amide bonds. The zero-order valence-electron chi connectivity index (χ0n) is 19.1. The lowest BCUT2D eigenvalue weighted by atomic mass is 10.0. The average molecular weight is 486 g/mol. The number of methoxy groups -OCH3 is 1. The minimum absolute atomic E-state index is 0.00525. The molecule has 0 aromatic heterocycles. The highest BCUT2D eigenvalue weighted by Crippen LogP contribution is 2.23. The Morgan fingerprint density at radius 3 is 2.00 bits per heavy atom. The van der Waals surface area contributed by atoms with Crippen molar-refractivity contribution in [3.63, 3.8) is 0 Å². The lowest BCUT2D eigenvalue weighted by Crippen LogP contribution is -2.38. The molecule has 176 valence electrons. The third-order valence-electron chi connectivity index (χ3n) is 5.48. The van der Waals surface area contributed by atoms with Crippen LogP contribution in [0.3, 0.4) is 0 Å². The first-order valence-electron chi connectivity index (χ1n) is 10.8. The fourth-order valence-corrected chi connectivity index (χ4v) is 4.69. The average Bonchev–Trinajstić information content (AvgIpc) is 2.87. The van der Waals surface area contributed by atoms with Gasteiger partial charge in [-0.3, -0.25) is 4.79 Å². The van der Waals surface area contributed by atoms with Gasteiger partial charge in [0.25, 0.3) is 0 Å². The first kappa shape index (κ1) is 24.0. The van der Waals surface area contributed by atoms with E-state index in [1.165, 1.54) is 19.1 Å². The van der Waals surface area contributed by atoms with Gasteiger partial charge in [-0.05, 0) is 77.4 Å². The SMILES string of the molecule is COc1ccc2cc(C#Cc3ccc(-c4ccc(S(=O)(=O)N[C@@H](C)C(=O)O)cc4)cc3)ccc2c1. The molecule has 0 fully saturated rings. The first-order valence-corrected chi connectivity index (χ1v) is 12.3. The molecule has 2 N–H and O–H groups in total. The Hall–Kier alpha value is -4.12. The second kappa shape index (κ2) is 10.0. The summed E-state index contributed by atoms with van der Waals surface area (Å²) in [6, 6.07) is 24.7. The topological polar surface area (TPSA) is 92.7 Å². The number of ether oxygens (including phenoxy) is 1. The number of nitrogens with one attached hydrogen (secondary N) is 1. The van der Waals surface area contributed by atoms with Gasteiger partial charge in [0, 0.05) is 11.1 Å². The number of aliphatic carboxylic acids is 1. The lowest BCUT2D eigenvalue weighted by molar-refractivity contribution is -0.138. The Morgan fingerprint density at radius 1 is 0.829 bits per heavy atom. The number of carboxylic acids is 1. The third-order valence-corrected chi connectivity index (χ3v) is 7.04. The van der Waals surface area contributed by atoms with Crippen molar-refractivity contribution in [3.8, 4) is 28.7 Å². The Balaban J connectivity index is 1.48. The Kier molecular flexibility index (Phi) is 6.87. The van der Waals surface area contributed by atoms with Gasteiger partial charge in [-0.25, -0.2) is 8.42 Å². The molecule has 0 spiro atoms. The van der Waals surface area contributed by atoms with E-state index in [9.17, 15) is 13.2 Å². The molecule has 0 bridgehead atoms. The summed E-state index contributed by atoms with van der Waals surface area (Å²) in [7, 11) is -2.27. The standard InChI is InChI=1S/C28H23NO5S/c1-19(28(30)31)29-35(32,33)27-15-12-23(13-16-27)22-8-5-20(6-9-22)3-4-21-7-10-25-18-26(34-2)14-11-24(25)17-21/h5-19,29H,1-2H3,(H,30,31)/t19-/m0/s1. The third kappa shape index (κ3) is 5.69. The maximum atomic E-state index is 12.3. The molecule has 0 aliphatic carbocycles. The molecule has 0 heterocycles. The summed E-state index contributed by atoms with van der Waals surface area (Å²) >= 11 is 0.